The highest BCUT2D eigenvalue weighted by Gasteiger charge is 2.27. The number of piperazine rings is 1. The van der Waals surface area contributed by atoms with Crippen molar-refractivity contribution in [2.24, 2.45) is 7.05 Å². The molecule has 6 rings (SSSR count). The van der Waals surface area contributed by atoms with Crippen LogP contribution in [0.1, 0.15) is 37.1 Å². The van der Waals surface area contributed by atoms with Crippen molar-refractivity contribution in [3.05, 3.63) is 77.4 Å². The molecule has 1 fully saturated rings. The number of hydrogen-bond donors (Lipinski definition) is 2. The van der Waals surface area contributed by atoms with Crippen molar-refractivity contribution in [3.8, 4) is 22.5 Å². The Kier molecular flexibility index (Phi) is 10.4. The van der Waals surface area contributed by atoms with Crippen molar-refractivity contribution >= 4 is 17.3 Å². The number of allylic oxidation sites excluding steroid dienone is 3. The zero-order chi connectivity index (χ0) is 32.8. The summed E-state index contributed by atoms with van der Waals surface area (Å²) in [5.74, 6) is 1.28. The smallest absolute Gasteiger partial charge is 0.228 e. The maximum absolute atomic E-state index is 5.23. The van der Waals surface area contributed by atoms with Gasteiger partial charge in [-0.3, -0.25) is 19.2 Å². The van der Waals surface area contributed by atoms with Gasteiger partial charge in [-0.25, -0.2) is 9.97 Å². The molecule has 1 saturated heterocycles. The Morgan fingerprint density at radius 1 is 0.979 bits per heavy atom. The normalized spacial score (nSPS) is 15.9. The van der Waals surface area contributed by atoms with E-state index in [1.165, 1.54) is 16.7 Å². The Labute approximate surface area is 278 Å². The van der Waals surface area contributed by atoms with Gasteiger partial charge in [-0.05, 0) is 42.9 Å². The topological polar surface area (TPSA) is 101 Å². The molecule has 47 heavy (non-hydrogen) atoms. The summed E-state index contributed by atoms with van der Waals surface area (Å²) in [5.41, 5.74) is 10.1. The molecule has 11 nitrogen and oxygen atoms in total. The van der Waals surface area contributed by atoms with E-state index in [9.17, 15) is 0 Å². The summed E-state index contributed by atoms with van der Waals surface area (Å²) in [6.45, 7) is 12.3. The molecule has 0 spiro atoms. The van der Waals surface area contributed by atoms with Crippen molar-refractivity contribution < 1.29 is 4.74 Å². The number of hydrogen-bond acceptors (Lipinski definition) is 9. The van der Waals surface area contributed by atoms with Crippen LogP contribution in [-0.2, 0) is 31.2 Å². The van der Waals surface area contributed by atoms with Gasteiger partial charge in [0.2, 0.25) is 5.95 Å². The predicted molar refractivity (Wildman–Crippen MR) is 188 cm³/mol. The molecule has 2 aliphatic rings. The Balaban J connectivity index is 1.16. The first-order chi connectivity index (χ1) is 22.9. The van der Waals surface area contributed by atoms with Crippen LogP contribution in [0.4, 0.5) is 11.8 Å². The number of aryl methyl sites for hydroxylation is 3. The fourth-order valence-electron chi connectivity index (χ4n) is 6.37. The fourth-order valence-corrected chi connectivity index (χ4v) is 6.37. The van der Waals surface area contributed by atoms with Crippen molar-refractivity contribution in [1.82, 2.24) is 44.6 Å². The summed E-state index contributed by atoms with van der Waals surface area (Å²) in [4.78, 5) is 14.7. The third-order valence-electron chi connectivity index (χ3n) is 9.21. The van der Waals surface area contributed by atoms with Gasteiger partial charge >= 0.3 is 0 Å². The Hall–Kier alpha value is -4.32. The minimum Gasteiger partial charge on any atom is -0.393 e. The van der Waals surface area contributed by atoms with Crippen LogP contribution >= 0.6 is 0 Å². The Bertz CT molecular complexity index is 1710. The van der Waals surface area contributed by atoms with Gasteiger partial charge < -0.3 is 15.4 Å². The first-order valence-corrected chi connectivity index (χ1v) is 16.8. The van der Waals surface area contributed by atoms with Gasteiger partial charge in [-0.15, -0.1) is 0 Å². The molecule has 0 radical (unpaired) electrons. The van der Waals surface area contributed by atoms with Crippen molar-refractivity contribution in [2.75, 3.05) is 65.3 Å². The average molecular weight is 637 g/mol. The van der Waals surface area contributed by atoms with E-state index in [4.69, 9.17) is 19.9 Å². The second kappa shape index (κ2) is 15.1. The lowest BCUT2D eigenvalue weighted by Crippen LogP contribution is -2.47. The molecule has 0 amide bonds. The van der Waals surface area contributed by atoms with E-state index >= 15 is 0 Å². The highest BCUT2D eigenvalue weighted by molar-refractivity contribution is 5.85. The molecular formula is C36H48N10O. The molecule has 11 heteroatoms. The molecule has 1 aliphatic carbocycles. The SMILES string of the molecule is CC/C(C)=C/C(=C\NC)c1ccc(-c2c3c(nn2C)CCc2cnc(Nc4ccn(CCN5CCN(CCOC)CC5)n4)nc2-3)cc1. The zero-order valence-electron chi connectivity index (χ0n) is 28.5. The van der Waals surface area contributed by atoms with Gasteiger partial charge in [0, 0.05) is 96.3 Å². The van der Waals surface area contributed by atoms with E-state index < -0.39 is 0 Å². The lowest BCUT2D eigenvalue weighted by atomic mass is 9.91. The fraction of sp³-hybridized carbons (Fsp3) is 0.444. The third-order valence-corrected chi connectivity index (χ3v) is 9.21. The van der Waals surface area contributed by atoms with Gasteiger partial charge in [0.25, 0.3) is 0 Å². The number of aromatic nitrogens is 6. The number of methoxy groups -OCH3 is 1. The number of anilines is 2. The first-order valence-electron chi connectivity index (χ1n) is 16.8. The minimum absolute atomic E-state index is 0.541. The molecule has 1 aliphatic heterocycles. The standard InChI is InChI=1S/C36H48N10O/c1-6-26(2)23-30(24-37-3)27-7-9-28(10-8-27)35-33-31(41-43(35)4)12-11-29-25-38-36(40-34(29)33)39-32-13-14-46(42-32)20-19-44-15-17-45(18-16-44)21-22-47-5/h7-10,13-14,23-25,37H,6,11-12,15-22H2,1-5H3,(H,38,39,40,42)/b26-23+,30-24+. The van der Waals surface area contributed by atoms with E-state index in [2.05, 4.69) is 75.8 Å². The van der Waals surface area contributed by atoms with Crippen molar-refractivity contribution in [1.29, 1.82) is 0 Å². The number of rotatable bonds is 13. The number of nitrogens with zero attached hydrogens (tertiary/aromatic N) is 8. The summed E-state index contributed by atoms with van der Waals surface area (Å²) < 4.78 is 9.22. The van der Waals surface area contributed by atoms with Crippen LogP contribution in [0.5, 0.6) is 0 Å². The van der Waals surface area contributed by atoms with Crippen LogP contribution in [0, 0.1) is 0 Å². The quantitative estimate of drug-likeness (QED) is 0.201. The number of nitrogens with one attached hydrogen (secondary N) is 2. The molecule has 0 bridgehead atoms. The summed E-state index contributed by atoms with van der Waals surface area (Å²) in [6.07, 6.45) is 11.0. The summed E-state index contributed by atoms with van der Waals surface area (Å²) in [7, 11) is 5.73. The summed E-state index contributed by atoms with van der Waals surface area (Å²) >= 11 is 0. The van der Waals surface area contributed by atoms with Gasteiger partial charge in [0.1, 0.15) is 0 Å². The number of fused-ring (bicyclic) bond motifs is 3. The molecule has 248 valence electrons. The van der Waals surface area contributed by atoms with E-state index in [1.54, 1.807) is 7.11 Å². The predicted octanol–water partition coefficient (Wildman–Crippen LogP) is 4.76. The lowest BCUT2D eigenvalue weighted by Gasteiger charge is -2.34. The largest absolute Gasteiger partial charge is 0.393 e. The van der Waals surface area contributed by atoms with Crippen LogP contribution in [0.2, 0.25) is 0 Å². The van der Waals surface area contributed by atoms with E-state index in [-0.39, 0.29) is 0 Å². The number of ether oxygens (including phenoxy) is 1. The minimum atomic E-state index is 0.541. The second-order valence-corrected chi connectivity index (χ2v) is 12.4. The van der Waals surface area contributed by atoms with E-state index in [1.807, 2.05) is 41.9 Å². The molecular weight excluding hydrogens is 588 g/mol. The van der Waals surface area contributed by atoms with Crippen LogP contribution in [0.25, 0.3) is 28.1 Å². The number of benzene rings is 1. The van der Waals surface area contributed by atoms with Crippen molar-refractivity contribution in [2.45, 2.75) is 39.7 Å². The highest BCUT2D eigenvalue weighted by Crippen LogP contribution is 2.40. The lowest BCUT2D eigenvalue weighted by molar-refractivity contribution is 0.0948. The van der Waals surface area contributed by atoms with Crippen LogP contribution in [0.15, 0.2) is 60.6 Å². The van der Waals surface area contributed by atoms with Crippen LogP contribution in [-0.4, -0.2) is 99.4 Å². The molecule has 0 saturated carbocycles. The third kappa shape index (κ3) is 7.64. The van der Waals surface area contributed by atoms with Crippen molar-refractivity contribution in [3.63, 3.8) is 0 Å². The highest BCUT2D eigenvalue weighted by atomic mass is 16.5. The van der Waals surface area contributed by atoms with Gasteiger partial charge in [-0.2, -0.15) is 10.2 Å². The Morgan fingerprint density at radius 3 is 2.47 bits per heavy atom. The molecule has 4 aromatic rings. The van der Waals surface area contributed by atoms with Gasteiger partial charge in [-0.1, -0.05) is 42.8 Å². The zero-order valence-corrected chi connectivity index (χ0v) is 28.5. The first kappa shape index (κ1) is 32.6. The molecule has 4 heterocycles. The van der Waals surface area contributed by atoms with Gasteiger partial charge in [0.15, 0.2) is 5.82 Å². The van der Waals surface area contributed by atoms with E-state index in [0.717, 1.165) is 111 Å². The monoisotopic (exact) mass is 636 g/mol. The molecule has 2 N–H and O–H groups in total. The maximum Gasteiger partial charge on any atom is 0.228 e. The Morgan fingerprint density at radius 2 is 1.74 bits per heavy atom. The molecule has 0 unspecified atom stereocenters. The van der Waals surface area contributed by atoms with Crippen LogP contribution in [0.3, 0.4) is 0 Å². The molecule has 1 aromatic carbocycles. The van der Waals surface area contributed by atoms with Gasteiger partial charge in [0.05, 0.1) is 30.2 Å². The van der Waals surface area contributed by atoms with Crippen LogP contribution < -0.4 is 10.6 Å². The average Bonchev–Trinajstić information content (AvgIpc) is 3.69. The van der Waals surface area contributed by atoms with E-state index in [0.29, 0.717) is 5.95 Å². The summed E-state index contributed by atoms with van der Waals surface area (Å²) in [6, 6.07) is 10.7. The second-order valence-electron chi connectivity index (χ2n) is 12.4. The summed E-state index contributed by atoms with van der Waals surface area (Å²) in [5, 5.41) is 16.3. The molecule has 0 atom stereocenters. The molecule has 3 aromatic heterocycles. The maximum atomic E-state index is 5.23.